The number of nitrogens with zero attached hydrogens (tertiary/aromatic N) is 1. The van der Waals surface area contributed by atoms with Gasteiger partial charge < -0.3 is 4.74 Å². The van der Waals surface area contributed by atoms with E-state index >= 15 is 0 Å². The van der Waals surface area contributed by atoms with Gasteiger partial charge in [-0.1, -0.05) is 18.2 Å². The summed E-state index contributed by atoms with van der Waals surface area (Å²) in [4.78, 5) is 2.18. The SMILES string of the molecule is COc1ccc(CN(C)Cc2ccc(F)c(Br)c2)cc1. The van der Waals surface area contributed by atoms with Gasteiger partial charge in [0.1, 0.15) is 11.6 Å². The molecule has 0 spiro atoms. The first-order chi connectivity index (χ1) is 9.58. The largest absolute Gasteiger partial charge is 0.497 e. The van der Waals surface area contributed by atoms with Gasteiger partial charge in [-0.25, -0.2) is 4.39 Å². The second-order valence-electron chi connectivity index (χ2n) is 4.77. The third-order valence-corrected chi connectivity index (χ3v) is 3.66. The van der Waals surface area contributed by atoms with Crippen LogP contribution in [0, 0.1) is 5.82 Å². The minimum atomic E-state index is -0.230. The van der Waals surface area contributed by atoms with Crippen LogP contribution in [-0.2, 0) is 13.1 Å². The number of hydrogen-bond donors (Lipinski definition) is 0. The zero-order valence-electron chi connectivity index (χ0n) is 11.6. The van der Waals surface area contributed by atoms with Crippen LogP contribution in [0.25, 0.3) is 0 Å². The Morgan fingerprint density at radius 3 is 2.25 bits per heavy atom. The van der Waals surface area contributed by atoms with Crippen molar-refractivity contribution >= 4 is 15.9 Å². The van der Waals surface area contributed by atoms with Crippen molar-refractivity contribution in [2.75, 3.05) is 14.2 Å². The van der Waals surface area contributed by atoms with E-state index in [1.165, 1.54) is 11.6 Å². The second-order valence-corrected chi connectivity index (χ2v) is 5.62. The fraction of sp³-hybridized carbons (Fsp3) is 0.250. The van der Waals surface area contributed by atoms with E-state index in [9.17, 15) is 4.39 Å². The summed E-state index contributed by atoms with van der Waals surface area (Å²) in [5.41, 5.74) is 2.30. The van der Waals surface area contributed by atoms with Crippen LogP contribution in [-0.4, -0.2) is 19.1 Å². The van der Waals surface area contributed by atoms with Gasteiger partial charge in [-0.3, -0.25) is 4.90 Å². The van der Waals surface area contributed by atoms with Crippen LogP contribution in [0.1, 0.15) is 11.1 Å². The Bertz CT molecular complexity index is 571. The fourth-order valence-electron chi connectivity index (χ4n) is 2.05. The van der Waals surface area contributed by atoms with Crippen molar-refractivity contribution in [1.82, 2.24) is 4.90 Å². The normalized spacial score (nSPS) is 10.8. The zero-order valence-corrected chi connectivity index (χ0v) is 13.2. The van der Waals surface area contributed by atoms with Crippen molar-refractivity contribution in [2.45, 2.75) is 13.1 Å². The van der Waals surface area contributed by atoms with Crippen LogP contribution in [0.5, 0.6) is 5.75 Å². The number of halogens is 2. The van der Waals surface area contributed by atoms with Crippen molar-refractivity contribution < 1.29 is 9.13 Å². The van der Waals surface area contributed by atoms with Crippen molar-refractivity contribution in [1.29, 1.82) is 0 Å². The number of benzene rings is 2. The summed E-state index contributed by atoms with van der Waals surface area (Å²) in [6.07, 6.45) is 0. The topological polar surface area (TPSA) is 12.5 Å². The lowest BCUT2D eigenvalue weighted by Crippen LogP contribution is -2.17. The van der Waals surface area contributed by atoms with E-state index in [0.717, 1.165) is 24.4 Å². The Morgan fingerprint density at radius 1 is 1.05 bits per heavy atom. The number of methoxy groups -OCH3 is 1. The molecule has 2 aromatic carbocycles. The lowest BCUT2D eigenvalue weighted by molar-refractivity contribution is 0.318. The molecule has 0 N–H and O–H groups in total. The quantitative estimate of drug-likeness (QED) is 0.809. The molecule has 0 fully saturated rings. The van der Waals surface area contributed by atoms with E-state index in [1.54, 1.807) is 7.11 Å². The molecule has 0 unspecified atom stereocenters. The molecule has 0 bridgehead atoms. The standard InChI is InChI=1S/C16H17BrFNO/c1-19(10-12-3-6-14(20-2)7-4-12)11-13-5-8-16(18)15(17)9-13/h3-9H,10-11H2,1-2H3. The Hall–Kier alpha value is -1.39. The first-order valence-corrected chi connectivity index (χ1v) is 7.13. The van der Waals surface area contributed by atoms with Gasteiger partial charge in [-0.2, -0.15) is 0 Å². The lowest BCUT2D eigenvalue weighted by atomic mass is 10.1. The molecule has 2 nitrogen and oxygen atoms in total. The van der Waals surface area contributed by atoms with Gasteiger partial charge >= 0.3 is 0 Å². The van der Waals surface area contributed by atoms with Crippen LogP contribution in [0.15, 0.2) is 46.9 Å². The molecule has 2 rings (SSSR count). The van der Waals surface area contributed by atoms with Crippen LogP contribution < -0.4 is 4.74 Å². The third-order valence-electron chi connectivity index (χ3n) is 3.05. The van der Waals surface area contributed by atoms with Crippen molar-refractivity contribution in [3.05, 3.63) is 63.9 Å². The molecule has 0 aliphatic rings. The highest BCUT2D eigenvalue weighted by Gasteiger charge is 2.05. The highest BCUT2D eigenvalue weighted by atomic mass is 79.9. The van der Waals surface area contributed by atoms with Gasteiger partial charge in [-0.05, 0) is 58.4 Å². The molecule has 0 aliphatic carbocycles. The lowest BCUT2D eigenvalue weighted by Gasteiger charge is -2.17. The highest BCUT2D eigenvalue weighted by molar-refractivity contribution is 9.10. The van der Waals surface area contributed by atoms with Gasteiger partial charge in [0.2, 0.25) is 0 Å². The van der Waals surface area contributed by atoms with E-state index in [0.29, 0.717) is 4.47 Å². The van der Waals surface area contributed by atoms with Crippen molar-refractivity contribution in [3.63, 3.8) is 0 Å². The Balaban J connectivity index is 1.97. The molecule has 0 aromatic heterocycles. The molecule has 0 saturated carbocycles. The number of hydrogen-bond acceptors (Lipinski definition) is 2. The Morgan fingerprint density at radius 2 is 1.65 bits per heavy atom. The van der Waals surface area contributed by atoms with E-state index in [-0.39, 0.29) is 5.82 Å². The molecule has 4 heteroatoms. The van der Waals surface area contributed by atoms with E-state index < -0.39 is 0 Å². The first-order valence-electron chi connectivity index (χ1n) is 6.34. The predicted molar refractivity (Wildman–Crippen MR) is 82.3 cm³/mol. The molecule has 106 valence electrons. The van der Waals surface area contributed by atoms with Crippen molar-refractivity contribution in [3.8, 4) is 5.75 Å². The van der Waals surface area contributed by atoms with Crippen LogP contribution in [0.4, 0.5) is 4.39 Å². The summed E-state index contributed by atoms with van der Waals surface area (Å²) in [6, 6.07) is 13.1. The molecular formula is C16H17BrFNO. The van der Waals surface area contributed by atoms with E-state index in [4.69, 9.17) is 4.74 Å². The Kier molecular flexibility index (Phi) is 5.15. The fourth-order valence-corrected chi connectivity index (χ4v) is 2.47. The minimum Gasteiger partial charge on any atom is -0.497 e. The van der Waals surface area contributed by atoms with Crippen LogP contribution in [0.3, 0.4) is 0 Å². The molecule has 0 saturated heterocycles. The van der Waals surface area contributed by atoms with Gasteiger partial charge in [0.15, 0.2) is 0 Å². The monoisotopic (exact) mass is 337 g/mol. The molecule has 0 radical (unpaired) electrons. The van der Waals surface area contributed by atoms with Gasteiger partial charge in [-0.15, -0.1) is 0 Å². The van der Waals surface area contributed by atoms with Gasteiger partial charge in [0.05, 0.1) is 11.6 Å². The molecular weight excluding hydrogens is 321 g/mol. The summed E-state index contributed by atoms with van der Waals surface area (Å²) in [6.45, 7) is 1.60. The minimum absolute atomic E-state index is 0.230. The maximum atomic E-state index is 13.2. The van der Waals surface area contributed by atoms with Crippen LogP contribution in [0.2, 0.25) is 0 Å². The number of ether oxygens (including phenoxy) is 1. The van der Waals surface area contributed by atoms with Crippen molar-refractivity contribution in [2.24, 2.45) is 0 Å². The highest BCUT2D eigenvalue weighted by Crippen LogP contribution is 2.18. The van der Waals surface area contributed by atoms with E-state index in [2.05, 4.69) is 33.0 Å². The van der Waals surface area contributed by atoms with Gasteiger partial charge in [0.25, 0.3) is 0 Å². The molecule has 0 aliphatic heterocycles. The third kappa shape index (κ3) is 4.05. The predicted octanol–water partition coefficient (Wildman–Crippen LogP) is 4.23. The summed E-state index contributed by atoms with van der Waals surface area (Å²) in [7, 11) is 3.70. The first kappa shape index (κ1) is 15.0. The molecule has 0 atom stereocenters. The second kappa shape index (κ2) is 6.86. The maximum Gasteiger partial charge on any atom is 0.137 e. The summed E-state index contributed by atoms with van der Waals surface area (Å²) in [5, 5.41) is 0. The molecule has 0 amide bonds. The maximum absolute atomic E-state index is 13.2. The average Bonchev–Trinajstić information content (AvgIpc) is 2.44. The van der Waals surface area contributed by atoms with Crippen LogP contribution >= 0.6 is 15.9 Å². The summed E-state index contributed by atoms with van der Waals surface area (Å²) in [5.74, 6) is 0.630. The van der Waals surface area contributed by atoms with E-state index in [1.807, 2.05) is 31.3 Å². The Labute approximate surface area is 127 Å². The molecule has 2 aromatic rings. The molecule has 20 heavy (non-hydrogen) atoms. The number of rotatable bonds is 5. The average molecular weight is 338 g/mol. The van der Waals surface area contributed by atoms with Gasteiger partial charge in [0, 0.05) is 13.1 Å². The summed E-state index contributed by atoms with van der Waals surface area (Å²) < 4.78 is 18.8. The zero-order chi connectivity index (χ0) is 14.5. The smallest absolute Gasteiger partial charge is 0.137 e. The molecule has 0 heterocycles. The summed E-state index contributed by atoms with van der Waals surface area (Å²) >= 11 is 3.21.